The molecule has 0 radical (unpaired) electrons. The van der Waals surface area contributed by atoms with Gasteiger partial charge in [0.2, 0.25) is 0 Å². The zero-order valence-electron chi connectivity index (χ0n) is 3.20. The maximum Gasteiger partial charge on any atom is 2.00 e. The van der Waals surface area contributed by atoms with Gasteiger partial charge in [-0.3, -0.25) is 0 Å². The van der Waals surface area contributed by atoms with Crippen molar-refractivity contribution in [3.63, 3.8) is 0 Å². The molecule has 1 nitrogen and oxygen atoms in total. The first-order valence-electron chi connectivity index (χ1n) is 0.697. The quantitative estimate of drug-likeness (QED) is 0.236. The van der Waals surface area contributed by atoms with Crippen LogP contribution in [0.1, 0.15) is 0 Å². The van der Waals surface area contributed by atoms with E-state index in [2.05, 4.69) is 11.8 Å². The Morgan fingerprint density at radius 2 is 1.60 bits per heavy atom. The van der Waals surface area contributed by atoms with Crippen LogP contribution in [0, 0.1) is 7.11 Å². The van der Waals surface area contributed by atoms with Crippen LogP contribution in [0.15, 0.2) is 0 Å². The molecule has 3 heteroatoms. The number of ether oxygens (including phenoxy) is 1. The number of hydrogen-bond donors (Lipinski definition) is 0. The van der Waals surface area contributed by atoms with E-state index in [0.29, 0.717) is 0 Å². The molecule has 0 heterocycles. The fraction of sp³-hybridized carbons (Fsp3) is 0.500. The van der Waals surface area contributed by atoms with Crippen molar-refractivity contribution in [2.75, 3.05) is 7.11 Å². The molecule has 0 atom stereocenters. The Labute approximate surface area is 54.6 Å². The largest absolute Gasteiger partial charge is 2.00 e. The molecule has 28 valence electrons. The van der Waals surface area contributed by atoms with Gasteiger partial charge in [-0.2, -0.15) is 0 Å². The number of hydrogen-bond acceptors (Lipinski definition) is 1. The minimum atomic E-state index is 0. The Hall–Kier alpha value is 1.02. The molecule has 0 saturated carbocycles. The number of methoxy groups -OCH3 is 1. The number of rotatable bonds is 0. The molecule has 0 aromatic rings. The van der Waals surface area contributed by atoms with Crippen LogP contribution in [0.2, 0.25) is 0 Å². The topological polar surface area (TPSA) is 9.23 Å². The van der Waals surface area contributed by atoms with Crippen molar-refractivity contribution in [2.24, 2.45) is 0 Å². The van der Waals surface area contributed by atoms with Crippen LogP contribution in [0.4, 0.5) is 0 Å². The van der Waals surface area contributed by atoms with Crippen molar-refractivity contribution in [1.29, 1.82) is 0 Å². The molecule has 0 spiro atoms. The van der Waals surface area contributed by atoms with Crippen molar-refractivity contribution in [3.05, 3.63) is 7.11 Å². The first-order valence-corrected chi connectivity index (χ1v) is 0.697. The maximum atomic E-state index is 4.00. The molecule has 0 bridgehead atoms. The summed E-state index contributed by atoms with van der Waals surface area (Å²) in [5, 5.41) is 0. The molecule has 0 unspecified atom stereocenters. The Morgan fingerprint density at radius 1 is 1.60 bits per heavy atom. The Balaban J connectivity index is -0.0000000200. The van der Waals surface area contributed by atoms with Crippen molar-refractivity contribution < 1.29 is 17.1 Å². The summed E-state index contributed by atoms with van der Waals surface area (Å²) in [4.78, 5) is 0. The minimum Gasteiger partial charge on any atom is -1.00 e. The van der Waals surface area contributed by atoms with E-state index in [1.165, 1.54) is 7.11 Å². The summed E-state index contributed by atoms with van der Waals surface area (Å²) in [5.74, 6) is 0. The molecule has 0 aliphatic rings. The third kappa shape index (κ3) is 44.2. The first kappa shape index (κ1) is 16.6. The summed E-state index contributed by atoms with van der Waals surface area (Å²) in [6.07, 6.45) is 0. The van der Waals surface area contributed by atoms with Crippen molar-refractivity contribution in [3.8, 4) is 0 Å². The molecule has 0 amide bonds. The average Bonchev–Trinajstić information content (AvgIpc) is 0.918. The van der Waals surface area contributed by atoms with Crippen LogP contribution < -0.4 is 12.4 Å². The third-order valence-corrected chi connectivity index (χ3v) is 0. The second kappa shape index (κ2) is 19.9. The number of halogens is 1. The Kier molecular flexibility index (Phi) is 66.2. The van der Waals surface area contributed by atoms with Crippen LogP contribution >= 0.6 is 0 Å². The van der Waals surface area contributed by atoms with E-state index in [9.17, 15) is 0 Å². The molecule has 0 N–H and O–H groups in total. The second-order valence-corrected chi connectivity index (χ2v) is 0.289. The van der Waals surface area contributed by atoms with E-state index in [1.807, 2.05) is 0 Å². The standard InChI is InChI=1S/C2H5O.ClH.Mg/c1-3-2;;/h1H2,2H3;1H;/q-1;;+2/p-1. The molecule has 0 aliphatic heterocycles. The van der Waals surface area contributed by atoms with E-state index in [-0.39, 0.29) is 35.5 Å². The molecular formula is C2H5ClMgO. The van der Waals surface area contributed by atoms with Crippen LogP contribution in [0.5, 0.6) is 0 Å². The van der Waals surface area contributed by atoms with Crippen LogP contribution in [-0.4, -0.2) is 30.2 Å². The van der Waals surface area contributed by atoms with E-state index < -0.39 is 0 Å². The fourth-order valence-corrected chi connectivity index (χ4v) is 0. The summed E-state index contributed by atoms with van der Waals surface area (Å²) in [6, 6.07) is 0. The molecule has 0 aliphatic carbocycles. The van der Waals surface area contributed by atoms with E-state index >= 15 is 0 Å². The van der Waals surface area contributed by atoms with Crippen LogP contribution in [-0.2, 0) is 4.74 Å². The van der Waals surface area contributed by atoms with Crippen LogP contribution in [0.3, 0.4) is 0 Å². The molecule has 0 saturated heterocycles. The maximum absolute atomic E-state index is 4.00. The summed E-state index contributed by atoms with van der Waals surface area (Å²) in [6.45, 7) is 0. The van der Waals surface area contributed by atoms with Gasteiger partial charge in [-0.05, 0) is 7.11 Å². The smallest absolute Gasteiger partial charge is 1.00 e. The van der Waals surface area contributed by atoms with E-state index in [1.54, 1.807) is 0 Å². The van der Waals surface area contributed by atoms with Crippen molar-refractivity contribution in [2.45, 2.75) is 0 Å². The molecule has 0 aromatic carbocycles. The van der Waals surface area contributed by atoms with Gasteiger partial charge < -0.3 is 17.1 Å². The summed E-state index contributed by atoms with van der Waals surface area (Å²) in [7, 11) is 4.50. The van der Waals surface area contributed by atoms with Crippen LogP contribution in [0.25, 0.3) is 0 Å². The molecule has 0 aromatic heterocycles. The summed E-state index contributed by atoms with van der Waals surface area (Å²) in [5.41, 5.74) is 0. The zero-order chi connectivity index (χ0) is 2.71. The zero-order valence-corrected chi connectivity index (χ0v) is 5.37. The Bertz CT molecular complexity index is 9.61. The van der Waals surface area contributed by atoms with Gasteiger partial charge in [0.1, 0.15) is 0 Å². The predicted octanol–water partition coefficient (Wildman–Crippen LogP) is -2.95. The SMILES string of the molecule is [CH2-]OC.[Cl-].[Mg+2]. The van der Waals surface area contributed by atoms with E-state index in [0.717, 1.165) is 0 Å². The fourth-order valence-electron chi connectivity index (χ4n) is 0. The van der Waals surface area contributed by atoms with Gasteiger partial charge in [0.25, 0.3) is 0 Å². The predicted molar refractivity (Wildman–Crippen MR) is 18.1 cm³/mol. The molecular weight excluding hydrogens is 99.8 g/mol. The van der Waals surface area contributed by atoms with Gasteiger partial charge >= 0.3 is 23.1 Å². The van der Waals surface area contributed by atoms with Gasteiger partial charge in [0.15, 0.2) is 0 Å². The minimum absolute atomic E-state index is 0. The summed E-state index contributed by atoms with van der Waals surface area (Å²) < 4.78 is 4.00. The van der Waals surface area contributed by atoms with Gasteiger partial charge in [-0.15, -0.1) is 0 Å². The van der Waals surface area contributed by atoms with Gasteiger partial charge in [0.05, 0.1) is 0 Å². The van der Waals surface area contributed by atoms with Crippen molar-refractivity contribution in [1.82, 2.24) is 0 Å². The molecule has 0 fully saturated rings. The molecule has 5 heavy (non-hydrogen) atoms. The second-order valence-electron chi connectivity index (χ2n) is 0.289. The first-order chi connectivity index (χ1) is 1.41. The van der Waals surface area contributed by atoms with Gasteiger partial charge in [-0.1, -0.05) is 0 Å². The van der Waals surface area contributed by atoms with Crippen molar-refractivity contribution >= 4 is 23.1 Å². The summed E-state index contributed by atoms with van der Waals surface area (Å²) >= 11 is 0. The van der Waals surface area contributed by atoms with Gasteiger partial charge in [0, 0.05) is 0 Å². The van der Waals surface area contributed by atoms with E-state index in [4.69, 9.17) is 0 Å². The Morgan fingerprint density at radius 3 is 1.60 bits per heavy atom. The molecule has 0 rings (SSSR count). The van der Waals surface area contributed by atoms with Gasteiger partial charge in [-0.25, -0.2) is 7.11 Å². The normalized spacial score (nSPS) is 3.60. The monoisotopic (exact) mass is 104 g/mol. The third-order valence-electron chi connectivity index (χ3n) is 0. The average molecular weight is 105 g/mol.